The molecule has 0 unspecified atom stereocenters. The van der Waals surface area contributed by atoms with Crippen LogP contribution < -0.4 is 16.4 Å². The molecule has 138 valence electrons. The van der Waals surface area contributed by atoms with Crippen molar-refractivity contribution in [1.29, 1.82) is 0 Å². The van der Waals surface area contributed by atoms with Crippen LogP contribution in [0.2, 0.25) is 0 Å². The van der Waals surface area contributed by atoms with Crippen LogP contribution in [0, 0.1) is 19.3 Å². The molecule has 0 atom stereocenters. The minimum atomic E-state index is -0.571. The summed E-state index contributed by atoms with van der Waals surface area (Å²) in [6.45, 7) is 5.39. The third-order valence-electron chi connectivity index (χ3n) is 4.46. The lowest BCUT2D eigenvalue weighted by atomic mass is 9.91. The molecule has 4 N–H and O–H groups in total. The predicted octanol–water partition coefficient (Wildman–Crippen LogP) is 2.06. The Bertz CT molecular complexity index is 782. The Kier molecular flexibility index (Phi) is 6.41. The minimum absolute atomic E-state index is 0.171. The van der Waals surface area contributed by atoms with Crippen molar-refractivity contribution < 1.29 is 4.79 Å². The molecular formula is C19H24ClN5O. The summed E-state index contributed by atoms with van der Waals surface area (Å²) in [5, 5.41) is 0.302. The summed E-state index contributed by atoms with van der Waals surface area (Å²) < 4.78 is 0. The number of carbonyl (C=O) groups excluding carboxylic acids is 1. The van der Waals surface area contributed by atoms with Crippen LogP contribution in [0.3, 0.4) is 0 Å². The van der Waals surface area contributed by atoms with Gasteiger partial charge in [-0.2, -0.15) is 0 Å². The Hall–Kier alpha value is -2.36. The SMILES string of the molecule is C#C/C(Cl)=C\C=C/Cc1c(C)nc(N2CCC(C)(N)CC2)nc1C(N)=O. The van der Waals surface area contributed by atoms with Crippen LogP contribution in [0.15, 0.2) is 23.3 Å². The lowest BCUT2D eigenvalue weighted by Crippen LogP contribution is -2.48. The number of primary amides is 1. The van der Waals surface area contributed by atoms with Crippen molar-refractivity contribution in [2.45, 2.75) is 38.6 Å². The van der Waals surface area contributed by atoms with Gasteiger partial charge in [0, 0.05) is 29.9 Å². The third-order valence-corrected chi connectivity index (χ3v) is 4.70. The summed E-state index contributed by atoms with van der Waals surface area (Å²) in [4.78, 5) is 23.0. The zero-order valence-electron chi connectivity index (χ0n) is 15.1. The van der Waals surface area contributed by atoms with Crippen molar-refractivity contribution >= 4 is 23.5 Å². The summed E-state index contributed by atoms with van der Waals surface area (Å²) in [5.41, 5.74) is 13.2. The summed E-state index contributed by atoms with van der Waals surface area (Å²) in [6, 6.07) is 0. The van der Waals surface area contributed by atoms with E-state index in [9.17, 15) is 4.79 Å². The second-order valence-electron chi connectivity index (χ2n) is 6.73. The normalized spacial score (nSPS) is 17.3. The highest BCUT2D eigenvalue weighted by Gasteiger charge is 2.28. The summed E-state index contributed by atoms with van der Waals surface area (Å²) >= 11 is 5.75. The van der Waals surface area contributed by atoms with Crippen molar-refractivity contribution in [3.8, 4) is 12.3 Å². The standard InChI is InChI=1S/C19H24ClN5O/c1-4-14(20)7-5-6-8-15-13(2)23-18(24-16(15)17(21)26)25-11-9-19(3,22)10-12-25/h1,5-7H,8-12,22H2,2-3H3,(H2,21,26)/b6-5-,14-7+. The van der Waals surface area contributed by atoms with E-state index in [1.54, 1.807) is 12.2 Å². The second kappa shape index (κ2) is 8.35. The van der Waals surface area contributed by atoms with Gasteiger partial charge >= 0.3 is 0 Å². The quantitative estimate of drug-likeness (QED) is 0.608. The van der Waals surface area contributed by atoms with E-state index in [1.807, 2.05) is 24.8 Å². The van der Waals surface area contributed by atoms with E-state index in [2.05, 4.69) is 15.9 Å². The Morgan fingerprint density at radius 3 is 2.65 bits per heavy atom. The van der Waals surface area contributed by atoms with Gasteiger partial charge < -0.3 is 16.4 Å². The number of anilines is 1. The van der Waals surface area contributed by atoms with Crippen molar-refractivity contribution in [1.82, 2.24) is 9.97 Å². The van der Waals surface area contributed by atoms with Crippen molar-refractivity contribution in [3.63, 3.8) is 0 Å². The van der Waals surface area contributed by atoms with E-state index >= 15 is 0 Å². The van der Waals surface area contributed by atoms with Gasteiger partial charge in [-0.15, -0.1) is 6.42 Å². The maximum absolute atomic E-state index is 11.9. The molecule has 2 rings (SSSR count). The molecule has 26 heavy (non-hydrogen) atoms. The fraction of sp³-hybridized carbons (Fsp3) is 0.421. The van der Waals surface area contributed by atoms with Gasteiger partial charge in [-0.25, -0.2) is 9.97 Å². The average Bonchev–Trinajstić information content (AvgIpc) is 2.58. The van der Waals surface area contributed by atoms with Gasteiger partial charge in [0.25, 0.3) is 5.91 Å². The first-order valence-corrected chi connectivity index (χ1v) is 8.81. The molecule has 1 aromatic heterocycles. The highest BCUT2D eigenvalue weighted by atomic mass is 35.5. The number of carbonyl (C=O) groups is 1. The molecule has 1 saturated heterocycles. The Balaban J connectivity index is 2.26. The van der Waals surface area contributed by atoms with E-state index in [0.717, 1.165) is 31.6 Å². The molecule has 1 aromatic rings. The van der Waals surface area contributed by atoms with Gasteiger partial charge in [0.1, 0.15) is 5.69 Å². The number of allylic oxidation sites excluding steroid dienone is 4. The van der Waals surface area contributed by atoms with E-state index < -0.39 is 5.91 Å². The lowest BCUT2D eigenvalue weighted by Gasteiger charge is -2.37. The van der Waals surface area contributed by atoms with Crippen LogP contribution in [-0.4, -0.2) is 34.5 Å². The molecule has 0 bridgehead atoms. The van der Waals surface area contributed by atoms with Gasteiger partial charge in [-0.3, -0.25) is 4.79 Å². The smallest absolute Gasteiger partial charge is 0.267 e. The van der Waals surface area contributed by atoms with Crippen LogP contribution in [0.25, 0.3) is 0 Å². The molecular weight excluding hydrogens is 350 g/mol. The van der Waals surface area contributed by atoms with Crippen LogP contribution in [-0.2, 0) is 6.42 Å². The number of amides is 1. The number of nitrogens with two attached hydrogens (primary N) is 2. The molecule has 1 aliphatic heterocycles. The highest BCUT2D eigenvalue weighted by molar-refractivity contribution is 6.32. The molecule has 1 amide bonds. The third kappa shape index (κ3) is 5.07. The highest BCUT2D eigenvalue weighted by Crippen LogP contribution is 2.24. The van der Waals surface area contributed by atoms with Crippen molar-refractivity contribution in [3.05, 3.63) is 40.2 Å². The molecule has 0 radical (unpaired) electrons. The van der Waals surface area contributed by atoms with Gasteiger partial charge in [0.2, 0.25) is 5.95 Å². The maximum atomic E-state index is 11.9. The predicted molar refractivity (Wildman–Crippen MR) is 105 cm³/mol. The number of hydrogen-bond acceptors (Lipinski definition) is 5. The zero-order chi connectivity index (χ0) is 19.3. The maximum Gasteiger partial charge on any atom is 0.267 e. The summed E-state index contributed by atoms with van der Waals surface area (Å²) in [6.07, 6.45) is 12.5. The molecule has 7 heteroatoms. The van der Waals surface area contributed by atoms with Gasteiger partial charge in [0.15, 0.2) is 0 Å². The van der Waals surface area contributed by atoms with E-state index in [-0.39, 0.29) is 11.2 Å². The largest absolute Gasteiger partial charge is 0.364 e. The second-order valence-corrected chi connectivity index (χ2v) is 7.14. The molecule has 0 saturated carbocycles. The van der Waals surface area contributed by atoms with Crippen molar-refractivity contribution in [2.24, 2.45) is 11.5 Å². The first kappa shape index (κ1) is 20.0. The monoisotopic (exact) mass is 373 g/mol. The molecule has 0 aromatic carbocycles. The average molecular weight is 374 g/mol. The number of piperidine rings is 1. The lowest BCUT2D eigenvalue weighted by molar-refractivity contribution is 0.0994. The first-order valence-electron chi connectivity index (χ1n) is 8.43. The molecule has 6 nitrogen and oxygen atoms in total. The number of hydrogen-bond donors (Lipinski definition) is 2. The van der Waals surface area contributed by atoms with Crippen molar-refractivity contribution in [2.75, 3.05) is 18.0 Å². The number of terminal acetylenes is 1. The van der Waals surface area contributed by atoms with Gasteiger partial charge in [-0.1, -0.05) is 29.7 Å². The number of nitrogens with zero attached hydrogens (tertiary/aromatic N) is 3. The molecule has 1 aliphatic rings. The molecule has 0 spiro atoms. The topological polar surface area (TPSA) is 98.1 Å². The van der Waals surface area contributed by atoms with Gasteiger partial charge in [0.05, 0.1) is 5.03 Å². The fourth-order valence-corrected chi connectivity index (χ4v) is 2.85. The number of aryl methyl sites for hydroxylation is 1. The zero-order valence-corrected chi connectivity index (χ0v) is 15.9. The number of halogens is 1. The van der Waals surface area contributed by atoms with E-state index in [4.69, 9.17) is 29.5 Å². The Morgan fingerprint density at radius 1 is 1.42 bits per heavy atom. The van der Waals surface area contributed by atoms with Crippen LogP contribution in [0.5, 0.6) is 0 Å². The number of aromatic nitrogens is 2. The van der Waals surface area contributed by atoms with Crippen LogP contribution in [0.1, 0.15) is 41.5 Å². The van der Waals surface area contributed by atoms with Crippen LogP contribution in [0.4, 0.5) is 5.95 Å². The minimum Gasteiger partial charge on any atom is -0.364 e. The Morgan fingerprint density at radius 2 is 2.08 bits per heavy atom. The van der Waals surface area contributed by atoms with Crippen LogP contribution >= 0.6 is 11.6 Å². The summed E-state index contributed by atoms with van der Waals surface area (Å²) in [5.74, 6) is 2.27. The summed E-state index contributed by atoms with van der Waals surface area (Å²) in [7, 11) is 0. The molecule has 2 heterocycles. The first-order chi connectivity index (χ1) is 12.2. The Labute approximate surface area is 159 Å². The fourth-order valence-electron chi connectivity index (χ4n) is 2.77. The van der Waals surface area contributed by atoms with E-state index in [1.165, 1.54) is 0 Å². The molecule has 1 fully saturated rings. The molecule has 0 aliphatic carbocycles. The van der Waals surface area contributed by atoms with Gasteiger partial charge in [-0.05, 0) is 39.2 Å². The number of rotatable bonds is 5. The van der Waals surface area contributed by atoms with E-state index in [0.29, 0.717) is 23.0 Å².